The molecular weight excluding hydrogens is 366 g/mol. The number of aliphatic hydroxyl groups is 1. The van der Waals surface area contributed by atoms with Crippen LogP contribution < -0.4 is 0 Å². The lowest BCUT2D eigenvalue weighted by atomic mass is 9.78. The third-order valence-electron chi connectivity index (χ3n) is 5.60. The van der Waals surface area contributed by atoms with Gasteiger partial charge in [-0.15, -0.1) is 0 Å². The summed E-state index contributed by atoms with van der Waals surface area (Å²) >= 11 is 0. The van der Waals surface area contributed by atoms with Crippen LogP contribution in [0.4, 0.5) is 0 Å². The third-order valence-corrected chi connectivity index (χ3v) is 5.60. The summed E-state index contributed by atoms with van der Waals surface area (Å²) in [5, 5.41) is 10.9. The molecule has 1 atom stereocenters. The first-order chi connectivity index (χ1) is 14.1. The molecule has 0 fully saturated rings. The first-order valence-electron chi connectivity index (χ1n) is 9.25. The molecule has 0 spiro atoms. The molecule has 5 heteroatoms. The molecule has 2 aliphatic carbocycles. The normalized spacial score (nSPS) is 16.9. The standard InChI is InChI=1S/C24H15NO4/c26-21-13-7-1-2-8-14(13)22(27)19(21)18(17-11-5-6-12-25-17)20-23(28)15-9-3-4-10-16(15)24(20)29/h1-12,18-19,28H. The van der Waals surface area contributed by atoms with Crippen molar-refractivity contribution < 1.29 is 19.5 Å². The van der Waals surface area contributed by atoms with Crippen molar-refractivity contribution in [3.63, 3.8) is 0 Å². The van der Waals surface area contributed by atoms with E-state index in [0.717, 1.165) is 0 Å². The van der Waals surface area contributed by atoms with Gasteiger partial charge in [0, 0.05) is 34.1 Å². The Labute approximate surface area is 166 Å². The number of pyridine rings is 1. The Kier molecular flexibility index (Phi) is 3.77. The summed E-state index contributed by atoms with van der Waals surface area (Å²) in [5.74, 6) is -3.40. The van der Waals surface area contributed by atoms with Gasteiger partial charge in [-0.2, -0.15) is 0 Å². The molecule has 1 N–H and O–H groups in total. The SMILES string of the molecule is O=C1C(C(c2ccccn2)C2C(=O)c3ccccc3C2=O)=C(O)c2ccccc21. The lowest BCUT2D eigenvalue weighted by Gasteiger charge is -2.22. The van der Waals surface area contributed by atoms with E-state index in [2.05, 4.69) is 4.98 Å². The second-order valence-electron chi connectivity index (χ2n) is 7.12. The molecule has 2 aliphatic rings. The Morgan fingerprint density at radius 1 is 0.724 bits per heavy atom. The summed E-state index contributed by atoms with van der Waals surface area (Å²) in [6.07, 6.45) is 1.55. The zero-order valence-corrected chi connectivity index (χ0v) is 15.2. The highest BCUT2D eigenvalue weighted by Gasteiger charge is 2.49. The second-order valence-corrected chi connectivity index (χ2v) is 7.12. The molecular formula is C24H15NO4. The molecule has 140 valence electrons. The maximum atomic E-state index is 13.2. The molecule has 5 rings (SSSR count). The van der Waals surface area contributed by atoms with Gasteiger partial charge in [0.05, 0.1) is 17.4 Å². The fourth-order valence-corrected chi connectivity index (χ4v) is 4.29. The summed E-state index contributed by atoms with van der Waals surface area (Å²) in [6.45, 7) is 0. The van der Waals surface area contributed by atoms with Gasteiger partial charge in [0.15, 0.2) is 17.3 Å². The molecule has 1 aromatic heterocycles. The molecule has 1 heterocycles. The Morgan fingerprint density at radius 2 is 1.28 bits per heavy atom. The highest BCUT2D eigenvalue weighted by Crippen LogP contribution is 2.46. The Morgan fingerprint density at radius 3 is 1.83 bits per heavy atom. The first kappa shape index (κ1) is 17.3. The van der Waals surface area contributed by atoms with Gasteiger partial charge in [-0.25, -0.2) is 0 Å². The highest BCUT2D eigenvalue weighted by molar-refractivity contribution is 6.29. The van der Waals surface area contributed by atoms with Crippen LogP contribution in [-0.4, -0.2) is 27.4 Å². The van der Waals surface area contributed by atoms with Gasteiger partial charge < -0.3 is 5.11 Å². The number of allylic oxidation sites excluding steroid dienone is 1. The van der Waals surface area contributed by atoms with E-state index in [9.17, 15) is 19.5 Å². The van der Waals surface area contributed by atoms with Crippen molar-refractivity contribution in [1.29, 1.82) is 0 Å². The highest BCUT2D eigenvalue weighted by atomic mass is 16.3. The van der Waals surface area contributed by atoms with Crippen molar-refractivity contribution in [1.82, 2.24) is 4.98 Å². The van der Waals surface area contributed by atoms with Crippen molar-refractivity contribution in [2.24, 2.45) is 5.92 Å². The Hall–Kier alpha value is -3.86. The quantitative estimate of drug-likeness (QED) is 0.693. The number of carbonyl (C=O) groups is 3. The molecule has 3 aromatic rings. The molecule has 2 aromatic carbocycles. The van der Waals surface area contributed by atoms with Crippen LogP contribution in [0.1, 0.15) is 48.2 Å². The van der Waals surface area contributed by atoms with E-state index in [0.29, 0.717) is 27.9 Å². The van der Waals surface area contributed by atoms with E-state index in [1.807, 2.05) is 0 Å². The Bertz CT molecular complexity index is 1190. The van der Waals surface area contributed by atoms with Gasteiger partial charge in [-0.1, -0.05) is 54.6 Å². The summed E-state index contributed by atoms with van der Waals surface area (Å²) < 4.78 is 0. The number of hydrogen-bond donors (Lipinski definition) is 1. The number of benzene rings is 2. The average Bonchev–Trinajstić information content (AvgIpc) is 3.16. The topological polar surface area (TPSA) is 84.3 Å². The van der Waals surface area contributed by atoms with E-state index in [1.54, 1.807) is 72.9 Å². The van der Waals surface area contributed by atoms with Gasteiger partial charge in [-0.3, -0.25) is 19.4 Å². The maximum absolute atomic E-state index is 13.2. The predicted molar refractivity (Wildman–Crippen MR) is 106 cm³/mol. The fourth-order valence-electron chi connectivity index (χ4n) is 4.29. The van der Waals surface area contributed by atoms with Crippen LogP contribution in [0.3, 0.4) is 0 Å². The van der Waals surface area contributed by atoms with Crippen molar-refractivity contribution >= 4 is 23.1 Å². The number of hydrogen-bond acceptors (Lipinski definition) is 5. The number of rotatable bonds is 3. The predicted octanol–water partition coefficient (Wildman–Crippen LogP) is 4.03. The lowest BCUT2D eigenvalue weighted by molar-refractivity contribution is 0.0820. The van der Waals surface area contributed by atoms with Gasteiger partial charge in [0.1, 0.15) is 5.76 Å². The van der Waals surface area contributed by atoms with Crippen LogP contribution in [0, 0.1) is 5.92 Å². The van der Waals surface area contributed by atoms with E-state index in [-0.39, 0.29) is 28.7 Å². The molecule has 0 amide bonds. The second kappa shape index (κ2) is 6.34. The zero-order chi connectivity index (χ0) is 20.1. The van der Waals surface area contributed by atoms with E-state index >= 15 is 0 Å². The maximum Gasteiger partial charge on any atom is 0.194 e. The minimum Gasteiger partial charge on any atom is -0.507 e. The number of ketones is 3. The number of Topliss-reactive ketones (excluding diaryl/α,β-unsaturated/α-hetero) is 3. The molecule has 29 heavy (non-hydrogen) atoms. The van der Waals surface area contributed by atoms with Gasteiger partial charge in [0.25, 0.3) is 0 Å². The molecule has 0 radical (unpaired) electrons. The van der Waals surface area contributed by atoms with E-state index in [4.69, 9.17) is 0 Å². The van der Waals surface area contributed by atoms with Gasteiger partial charge >= 0.3 is 0 Å². The number of fused-ring (bicyclic) bond motifs is 2. The Balaban J connectivity index is 1.72. The molecule has 0 saturated heterocycles. The largest absolute Gasteiger partial charge is 0.507 e. The van der Waals surface area contributed by atoms with Crippen LogP contribution in [0.25, 0.3) is 5.76 Å². The van der Waals surface area contributed by atoms with Crippen molar-refractivity contribution in [2.45, 2.75) is 5.92 Å². The number of carbonyl (C=O) groups excluding carboxylic acids is 3. The number of nitrogens with zero attached hydrogens (tertiary/aromatic N) is 1. The average molecular weight is 381 g/mol. The zero-order valence-electron chi connectivity index (χ0n) is 15.2. The van der Waals surface area contributed by atoms with Crippen molar-refractivity contribution in [3.8, 4) is 0 Å². The smallest absolute Gasteiger partial charge is 0.194 e. The first-order valence-corrected chi connectivity index (χ1v) is 9.25. The molecule has 5 nitrogen and oxygen atoms in total. The molecule has 1 unspecified atom stereocenters. The van der Waals surface area contributed by atoms with Gasteiger partial charge in [-0.05, 0) is 12.1 Å². The van der Waals surface area contributed by atoms with Crippen LogP contribution in [-0.2, 0) is 0 Å². The van der Waals surface area contributed by atoms with Crippen molar-refractivity contribution in [3.05, 3.63) is 106 Å². The van der Waals surface area contributed by atoms with Crippen LogP contribution >= 0.6 is 0 Å². The minimum atomic E-state index is -1.14. The summed E-state index contributed by atoms with van der Waals surface area (Å²) in [5.41, 5.74) is 1.89. The van der Waals surface area contributed by atoms with E-state index < -0.39 is 11.8 Å². The van der Waals surface area contributed by atoms with Crippen LogP contribution in [0.5, 0.6) is 0 Å². The number of aliphatic hydroxyl groups excluding tert-OH is 1. The molecule has 0 saturated carbocycles. The monoisotopic (exact) mass is 381 g/mol. The summed E-state index contributed by atoms with van der Waals surface area (Å²) in [4.78, 5) is 43.9. The summed E-state index contributed by atoms with van der Waals surface area (Å²) in [6, 6.07) is 18.5. The number of aromatic nitrogens is 1. The molecule has 0 bridgehead atoms. The minimum absolute atomic E-state index is 0.0457. The van der Waals surface area contributed by atoms with Crippen LogP contribution in [0.2, 0.25) is 0 Å². The van der Waals surface area contributed by atoms with E-state index in [1.165, 1.54) is 0 Å². The fraction of sp³-hybridized carbons (Fsp3) is 0.0833. The summed E-state index contributed by atoms with van der Waals surface area (Å²) in [7, 11) is 0. The van der Waals surface area contributed by atoms with Gasteiger partial charge in [0.2, 0.25) is 0 Å². The lowest BCUT2D eigenvalue weighted by Crippen LogP contribution is -2.28. The van der Waals surface area contributed by atoms with Crippen molar-refractivity contribution in [2.75, 3.05) is 0 Å². The third kappa shape index (κ3) is 2.41. The van der Waals surface area contributed by atoms with Crippen LogP contribution in [0.15, 0.2) is 78.5 Å². The molecule has 0 aliphatic heterocycles.